The number of allylic oxidation sites excluding steroid dienone is 4. The fourth-order valence-electron chi connectivity index (χ4n) is 7.88. The summed E-state index contributed by atoms with van der Waals surface area (Å²) in [6.07, 6.45) is 1.46. The van der Waals surface area contributed by atoms with E-state index < -0.39 is 24.2 Å². The minimum absolute atomic E-state index is 0.284. The molecule has 1 aliphatic rings. The monoisotopic (exact) mass is 520 g/mol. The zero-order chi connectivity index (χ0) is 27.3. The van der Waals surface area contributed by atoms with Gasteiger partial charge in [0, 0.05) is 8.07 Å². The lowest BCUT2D eigenvalue weighted by Gasteiger charge is -2.41. The van der Waals surface area contributed by atoms with Gasteiger partial charge in [0.15, 0.2) is 0 Å². The standard InChI is InChI=1S/C31H64Si3/c1-23(2)25(4)33(15,16)21-29(6,7)24(3)26(5)34(17,18)22-31(10,11)28-19-27(28)30(8,9)20-32(12,13)14/h27-28H,19-22H2,1-18H3. The van der Waals surface area contributed by atoms with Crippen molar-refractivity contribution in [1.29, 1.82) is 0 Å². The summed E-state index contributed by atoms with van der Waals surface area (Å²) >= 11 is 0. The lowest BCUT2D eigenvalue weighted by Crippen LogP contribution is -2.40. The topological polar surface area (TPSA) is 0 Å². The third kappa shape index (κ3) is 8.07. The highest BCUT2D eigenvalue weighted by Gasteiger charge is 2.55. The summed E-state index contributed by atoms with van der Waals surface area (Å²) in [5, 5.41) is 3.48. The van der Waals surface area contributed by atoms with Crippen LogP contribution in [-0.4, -0.2) is 24.2 Å². The first-order chi connectivity index (χ1) is 14.8. The Balaban J connectivity index is 3.11. The number of hydrogen-bond acceptors (Lipinski definition) is 0. The number of rotatable bonds is 11. The van der Waals surface area contributed by atoms with Gasteiger partial charge in [0.1, 0.15) is 0 Å². The van der Waals surface area contributed by atoms with Crippen molar-refractivity contribution in [2.45, 2.75) is 147 Å². The van der Waals surface area contributed by atoms with Crippen molar-refractivity contribution in [2.75, 3.05) is 0 Å². The van der Waals surface area contributed by atoms with Gasteiger partial charge in [-0.15, -0.1) is 0 Å². The van der Waals surface area contributed by atoms with Gasteiger partial charge in [-0.25, -0.2) is 0 Å². The zero-order valence-electron chi connectivity index (χ0n) is 27.0. The van der Waals surface area contributed by atoms with Crippen LogP contribution in [0.1, 0.15) is 82.6 Å². The average Bonchev–Trinajstić information content (AvgIpc) is 3.38. The summed E-state index contributed by atoms with van der Waals surface area (Å²) in [4.78, 5) is 0. The maximum atomic E-state index is 2.66. The molecule has 0 nitrogen and oxygen atoms in total. The van der Waals surface area contributed by atoms with Crippen molar-refractivity contribution in [2.24, 2.45) is 28.1 Å². The molecule has 0 aromatic heterocycles. The minimum Gasteiger partial charge on any atom is -0.0851 e. The molecule has 3 heteroatoms. The van der Waals surface area contributed by atoms with Crippen LogP contribution in [-0.2, 0) is 0 Å². The van der Waals surface area contributed by atoms with Crippen LogP contribution >= 0.6 is 0 Å². The third-order valence-electron chi connectivity index (χ3n) is 9.92. The van der Waals surface area contributed by atoms with Crippen LogP contribution in [0.15, 0.2) is 21.5 Å². The molecule has 0 bridgehead atoms. The Morgan fingerprint density at radius 2 is 0.971 bits per heavy atom. The second-order valence-electron chi connectivity index (χ2n) is 17.0. The van der Waals surface area contributed by atoms with E-state index in [9.17, 15) is 0 Å². The van der Waals surface area contributed by atoms with Crippen LogP contribution in [0, 0.1) is 28.1 Å². The molecule has 34 heavy (non-hydrogen) atoms. The van der Waals surface area contributed by atoms with Gasteiger partial charge in [0.25, 0.3) is 0 Å². The van der Waals surface area contributed by atoms with Crippen LogP contribution in [0.5, 0.6) is 0 Å². The summed E-state index contributed by atoms with van der Waals surface area (Å²) in [7, 11) is -3.96. The summed E-state index contributed by atoms with van der Waals surface area (Å²) < 4.78 is 0. The molecule has 0 N–H and O–H groups in total. The van der Waals surface area contributed by atoms with Crippen LogP contribution in [0.4, 0.5) is 0 Å². The molecule has 0 aliphatic heterocycles. The molecule has 1 rings (SSSR count). The zero-order valence-corrected chi connectivity index (χ0v) is 30.0. The molecule has 2 atom stereocenters. The van der Waals surface area contributed by atoms with E-state index in [2.05, 4.69) is 122 Å². The summed E-state index contributed by atoms with van der Waals surface area (Å²) in [5.41, 5.74) is 4.49. The SMILES string of the molecule is CC(C)=C(C)[Si](C)(C)CC(C)(C)C(C)=C(C)[Si](C)(C)CC(C)(C)C1CC1C(C)(C)C[Si](C)(C)C. The molecular formula is C31H64Si3. The lowest BCUT2D eigenvalue weighted by atomic mass is 9.81. The van der Waals surface area contributed by atoms with Crippen LogP contribution < -0.4 is 0 Å². The Morgan fingerprint density at radius 3 is 1.35 bits per heavy atom. The van der Waals surface area contributed by atoms with E-state index in [-0.39, 0.29) is 5.41 Å². The van der Waals surface area contributed by atoms with Gasteiger partial charge in [-0.2, -0.15) is 0 Å². The first-order valence-electron chi connectivity index (χ1n) is 14.1. The van der Waals surface area contributed by atoms with Gasteiger partial charge in [-0.05, 0) is 81.2 Å². The highest BCUT2D eigenvalue weighted by atomic mass is 28.3. The lowest BCUT2D eigenvalue weighted by molar-refractivity contribution is 0.250. The van der Waals surface area contributed by atoms with E-state index in [4.69, 9.17) is 0 Å². The van der Waals surface area contributed by atoms with Crippen LogP contribution in [0.3, 0.4) is 0 Å². The van der Waals surface area contributed by atoms with Crippen molar-refractivity contribution in [1.82, 2.24) is 0 Å². The van der Waals surface area contributed by atoms with Crippen molar-refractivity contribution in [3.05, 3.63) is 21.5 Å². The number of hydrogen-bond donors (Lipinski definition) is 0. The largest absolute Gasteiger partial charge is 0.0851 e. The maximum Gasteiger partial charge on any atom is 0.0758 e. The van der Waals surface area contributed by atoms with Crippen LogP contribution in [0.2, 0.25) is 64.0 Å². The van der Waals surface area contributed by atoms with Crippen molar-refractivity contribution in [3.8, 4) is 0 Å². The normalized spacial score (nSPS) is 21.4. The predicted molar refractivity (Wildman–Crippen MR) is 168 cm³/mol. The second kappa shape index (κ2) is 10.1. The summed E-state index contributed by atoms with van der Waals surface area (Å²) in [6, 6.07) is 4.25. The molecule has 1 saturated carbocycles. The van der Waals surface area contributed by atoms with Crippen molar-refractivity contribution >= 4 is 24.2 Å². The molecule has 0 saturated heterocycles. The predicted octanol–water partition coefficient (Wildman–Crippen LogP) is 11.2. The van der Waals surface area contributed by atoms with Gasteiger partial charge in [0.05, 0.1) is 16.1 Å². The molecule has 0 radical (unpaired) electrons. The Kier molecular flexibility index (Phi) is 9.57. The van der Waals surface area contributed by atoms with E-state index in [1.807, 2.05) is 0 Å². The fourth-order valence-corrected chi connectivity index (χ4v) is 19.1. The van der Waals surface area contributed by atoms with E-state index in [0.29, 0.717) is 10.8 Å². The highest BCUT2D eigenvalue weighted by molar-refractivity contribution is 6.85. The van der Waals surface area contributed by atoms with E-state index >= 15 is 0 Å². The van der Waals surface area contributed by atoms with Gasteiger partial charge in [0.2, 0.25) is 0 Å². The fraction of sp³-hybridized carbons (Fsp3) is 0.871. The van der Waals surface area contributed by atoms with E-state index in [0.717, 1.165) is 11.8 Å². The first kappa shape index (κ1) is 32.2. The second-order valence-corrected chi connectivity index (χ2v) is 32.3. The van der Waals surface area contributed by atoms with Gasteiger partial charge in [-0.1, -0.05) is 115 Å². The first-order valence-corrected chi connectivity index (χ1v) is 24.2. The molecule has 0 spiro atoms. The highest BCUT2D eigenvalue weighted by Crippen LogP contribution is 2.62. The quantitative estimate of drug-likeness (QED) is 0.237. The third-order valence-corrected chi connectivity index (χ3v) is 20.4. The molecule has 0 amide bonds. The Hall–Kier alpha value is 0.131. The Morgan fingerprint density at radius 1 is 0.588 bits per heavy atom. The summed E-state index contributed by atoms with van der Waals surface area (Å²) in [6.45, 7) is 45.6. The Bertz CT molecular complexity index is 793. The molecule has 0 heterocycles. The average molecular weight is 521 g/mol. The van der Waals surface area contributed by atoms with Crippen molar-refractivity contribution in [3.63, 3.8) is 0 Å². The van der Waals surface area contributed by atoms with Crippen LogP contribution in [0.25, 0.3) is 0 Å². The van der Waals surface area contributed by atoms with E-state index in [1.165, 1.54) is 24.6 Å². The molecule has 1 fully saturated rings. The Labute approximate surface area is 219 Å². The molecule has 2 unspecified atom stereocenters. The molecule has 1 aliphatic carbocycles. The van der Waals surface area contributed by atoms with Crippen molar-refractivity contribution < 1.29 is 0 Å². The van der Waals surface area contributed by atoms with Gasteiger partial charge in [-0.3, -0.25) is 0 Å². The smallest absolute Gasteiger partial charge is 0.0758 e. The van der Waals surface area contributed by atoms with Gasteiger partial charge >= 0.3 is 0 Å². The molecule has 200 valence electrons. The van der Waals surface area contributed by atoms with Gasteiger partial charge < -0.3 is 0 Å². The maximum absolute atomic E-state index is 2.66. The molecule has 0 aromatic rings. The molecule has 0 aromatic carbocycles. The van der Waals surface area contributed by atoms with E-state index in [1.54, 1.807) is 21.5 Å². The summed E-state index contributed by atoms with van der Waals surface area (Å²) in [5.74, 6) is 1.85. The molecular weight excluding hydrogens is 457 g/mol. The minimum atomic E-state index is -1.51.